The summed E-state index contributed by atoms with van der Waals surface area (Å²) in [4.78, 5) is 8.20. The molecule has 0 fully saturated rings. The highest BCUT2D eigenvalue weighted by atomic mass is 32.1. The molecule has 0 N–H and O–H groups in total. The van der Waals surface area contributed by atoms with Crippen molar-refractivity contribution in [1.29, 1.82) is 0 Å². The van der Waals surface area contributed by atoms with Crippen LogP contribution in [-0.2, 0) is 0 Å². The second kappa shape index (κ2) is 1.88. The molecular weight excluding hydrogens is 150 g/mol. The Balaban J connectivity index is 2.95. The van der Waals surface area contributed by atoms with Crippen LogP contribution in [0.1, 0.15) is 0 Å². The summed E-state index contributed by atoms with van der Waals surface area (Å²) >= 11 is 1.31. The number of nitrogens with zero attached hydrogens (tertiary/aromatic N) is 3. The summed E-state index contributed by atoms with van der Waals surface area (Å²) in [5, 5.41) is 10.9. The molecule has 0 saturated heterocycles. The maximum Gasteiger partial charge on any atom is 0.290 e. The molecule has 0 aliphatic heterocycles. The van der Waals surface area contributed by atoms with Gasteiger partial charge in [0.25, 0.3) is 6.33 Å². The molecule has 5 heteroatoms. The molecule has 4 nitrogen and oxygen atoms in total. The minimum Gasteiger partial charge on any atom is -0.710 e. The molecule has 0 atom stereocenters. The van der Waals surface area contributed by atoms with Gasteiger partial charge in [-0.15, -0.1) is 0 Å². The van der Waals surface area contributed by atoms with E-state index in [1.165, 1.54) is 17.7 Å². The summed E-state index contributed by atoms with van der Waals surface area (Å²) < 4.78 is 0.715. The molecule has 2 aromatic rings. The van der Waals surface area contributed by atoms with Crippen molar-refractivity contribution >= 4 is 21.7 Å². The Labute approximate surface area is 60.4 Å². The van der Waals surface area contributed by atoms with Crippen LogP contribution >= 0.6 is 11.3 Å². The van der Waals surface area contributed by atoms with Crippen LogP contribution < -0.4 is 4.73 Å². The van der Waals surface area contributed by atoms with Crippen molar-refractivity contribution < 1.29 is 4.73 Å². The number of rotatable bonds is 0. The van der Waals surface area contributed by atoms with E-state index in [9.17, 15) is 5.21 Å². The van der Waals surface area contributed by atoms with E-state index in [-0.39, 0.29) is 0 Å². The van der Waals surface area contributed by atoms with Crippen molar-refractivity contribution in [1.82, 2.24) is 9.97 Å². The molecule has 2 aromatic heterocycles. The average Bonchev–Trinajstić information content (AvgIpc) is 2.36. The minimum absolute atomic E-state index is 0.606. The topological polar surface area (TPSA) is 52.7 Å². The minimum atomic E-state index is 0.606. The zero-order valence-corrected chi connectivity index (χ0v) is 5.71. The van der Waals surface area contributed by atoms with Crippen molar-refractivity contribution in [3.8, 4) is 0 Å². The predicted molar refractivity (Wildman–Crippen MR) is 36.4 cm³/mol. The Hall–Kier alpha value is -1.23. The second-order valence-electron chi connectivity index (χ2n) is 1.76. The maximum absolute atomic E-state index is 10.9. The van der Waals surface area contributed by atoms with Gasteiger partial charge in [-0.3, -0.25) is 0 Å². The van der Waals surface area contributed by atoms with Crippen molar-refractivity contribution in [2.24, 2.45) is 0 Å². The van der Waals surface area contributed by atoms with Crippen molar-refractivity contribution in [2.75, 3.05) is 0 Å². The van der Waals surface area contributed by atoms with Gasteiger partial charge in [0.05, 0.1) is 5.51 Å². The summed E-state index contributed by atoms with van der Waals surface area (Å²) in [6.45, 7) is 0. The largest absolute Gasteiger partial charge is 0.710 e. The van der Waals surface area contributed by atoms with Gasteiger partial charge in [-0.2, -0.15) is 0 Å². The Morgan fingerprint density at radius 2 is 2.50 bits per heavy atom. The molecule has 0 saturated carbocycles. The van der Waals surface area contributed by atoms with Crippen LogP contribution in [0.5, 0.6) is 0 Å². The van der Waals surface area contributed by atoms with E-state index in [0.717, 1.165) is 0 Å². The highest BCUT2D eigenvalue weighted by Gasteiger charge is 2.01. The summed E-state index contributed by atoms with van der Waals surface area (Å²) in [7, 11) is 0. The van der Waals surface area contributed by atoms with Crippen LogP contribution in [0.3, 0.4) is 0 Å². The first-order chi connectivity index (χ1) is 4.88. The van der Waals surface area contributed by atoms with Gasteiger partial charge in [0, 0.05) is 0 Å². The number of thiazole rings is 1. The van der Waals surface area contributed by atoms with Gasteiger partial charge in [0.2, 0.25) is 4.83 Å². The number of aromatic nitrogens is 3. The quantitative estimate of drug-likeness (QED) is 0.404. The molecule has 10 heavy (non-hydrogen) atoms. The number of hydrogen-bond donors (Lipinski definition) is 0. The fourth-order valence-corrected chi connectivity index (χ4v) is 1.36. The molecule has 50 valence electrons. The van der Waals surface area contributed by atoms with Gasteiger partial charge < -0.3 is 5.21 Å². The van der Waals surface area contributed by atoms with Crippen LogP contribution in [0.15, 0.2) is 18.0 Å². The first-order valence-electron chi connectivity index (χ1n) is 2.64. The molecule has 0 unspecified atom stereocenters. The Kier molecular flexibility index (Phi) is 1.04. The monoisotopic (exact) mass is 153 g/mol. The average molecular weight is 153 g/mol. The highest BCUT2D eigenvalue weighted by molar-refractivity contribution is 7.15. The van der Waals surface area contributed by atoms with E-state index >= 15 is 0 Å². The lowest BCUT2D eigenvalue weighted by Gasteiger charge is -1.96. The first-order valence-corrected chi connectivity index (χ1v) is 3.52. The van der Waals surface area contributed by atoms with E-state index in [1.807, 2.05) is 0 Å². The molecule has 2 heterocycles. The van der Waals surface area contributed by atoms with Crippen LogP contribution in [-0.4, -0.2) is 9.97 Å². The lowest BCUT2D eigenvalue weighted by Crippen LogP contribution is -2.25. The lowest BCUT2D eigenvalue weighted by molar-refractivity contribution is -0.578. The van der Waals surface area contributed by atoms with Gasteiger partial charge in [-0.1, -0.05) is 16.3 Å². The fourth-order valence-electron chi connectivity index (χ4n) is 0.719. The summed E-state index contributed by atoms with van der Waals surface area (Å²) in [5.74, 6) is 0. The van der Waals surface area contributed by atoms with Crippen molar-refractivity contribution in [3.05, 3.63) is 23.2 Å². The lowest BCUT2D eigenvalue weighted by atomic mass is 10.6. The molecule has 0 radical (unpaired) electrons. The van der Waals surface area contributed by atoms with Crippen LogP contribution in [0, 0.1) is 5.21 Å². The van der Waals surface area contributed by atoms with E-state index in [1.54, 1.807) is 11.7 Å². The molecule has 2 rings (SSSR count). The van der Waals surface area contributed by atoms with Gasteiger partial charge >= 0.3 is 0 Å². The predicted octanol–water partition coefficient (Wildman–Crippen LogP) is 0.325. The third-order valence-electron chi connectivity index (χ3n) is 1.14. The van der Waals surface area contributed by atoms with E-state index in [4.69, 9.17) is 0 Å². The van der Waals surface area contributed by atoms with Crippen LogP contribution in [0.2, 0.25) is 0 Å². The third-order valence-corrected chi connectivity index (χ3v) is 1.97. The van der Waals surface area contributed by atoms with E-state index < -0.39 is 0 Å². The zero-order valence-electron chi connectivity index (χ0n) is 4.89. The Morgan fingerprint density at radius 1 is 1.60 bits per heavy atom. The molecule has 0 aliphatic carbocycles. The molecule has 0 spiro atoms. The number of fused-ring (bicyclic) bond motifs is 1. The van der Waals surface area contributed by atoms with E-state index in [2.05, 4.69) is 9.97 Å². The summed E-state index contributed by atoms with van der Waals surface area (Å²) in [5.41, 5.74) is 2.28. The molecular formula is C5H3N3OS. The molecule has 0 amide bonds. The van der Waals surface area contributed by atoms with Crippen LogP contribution in [0.25, 0.3) is 10.3 Å². The smallest absolute Gasteiger partial charge is 0.290 e. The molecule has 0 aliphatic rings. The fraction of sp³-hybridized carbons (Fsp3) is 0. The first kappa shape index (κ1) is 5.55. The third kappa shape index (κ3) is 0.640. The SMILES string of the molecule is [O-][n+]1cncc2ncsc21. The molecule has 0 bridgehead atoms. The Morgan fingerprint density at radius 3 is 3.30 bits per heavy atom. The standard InChI is InChI=1S/C5H3N3OS/c9-8-2-6-1-4-5(8)10-3-7-4/h1-3H. The van der Waals surface area contributed by atoms with Gasteiger partial charge in [0.1, 0.15) is 0 Å². The normalized spacial score (nSPS) is 10.4. The van der Waals surface area contributed by atoms with Crippen molar-refractivity contribution in [2.45, 2.75) is 0 Å². The number of hydrogen-bond acceptors (Lipinski definition) is 4. The molecule has 0 aromatic carbocycles. The zero-order chi connectivity index (χ0) is 6.97. The highest BCUT2D eigenvalue weighted by Crippen LogP contribution is 2.09. The summed E-state index contributed by atoms with van der Waals surface area (Å²) in [6.07, 6.45) is 2.79. The van der Waals surface area contributed by atoms with Crippen molar-refractivity contribution in [3.63, 3.8) is 0 Å². The maximum atomic E-state index is 10.9. The van der Waals surface area contributed by atoms with Gasteiger partial charge in [-0.25, -0.2) is 9.71 Å². The van der Waals surface area contributed by atoms with Gasteiger partial charge in [0.15, 0.2) is 11.7 Å². The van der Waals surface area contributed by atoms with Crippen LogP contribution in [0.4, 0.5) is 0 Å². The Bertz CT molecular complexity index is 358. The summed E-state index contributed by atoms with van der Waals surface area (Å²) in [6, 6.07) is 0. The second-order valence-corrected chi connectivity index (χ2v) is 2.60. The van der Waals surface area contributed by atoms with Gasteiger partial charge in [-0.05, 0) is 0 Å². The van der Waals surface area contributed by atoms with E-state index in [0.29, 0.717) is 15.1 Å².